The SMILES string of the molecule is NCCCCCCCCCCCOC1CCCCO1. The molecule has 2 N–H and O–H groups in total. The predicted molar refractivity (Wildman–Crippen MR) is 80.2 cm³/mol. The van der Waals surface area contributed by atoms with Gasteiger partial charge >= 0.3 is 0 Å². The third-order valence-corrected chi connectivity index (χ3v) is 3.79. The maximum absolute atomic E-state index is 5.72. The molecule has 1 atom stereocenters. The summed E-state index contributed by atoms with van der Waals surface area (Å²) in [5.74, 6) is 0. The van der Waals surface area contributed by atoms with Crippen molar-refractivity contribution >= 4 is 0 Å². The van der Waals surface area contributed by atoms with E-state index in [1.165, 1.54) is 70.6 Å². The van der Waals surface area contributed by atoms with Crippen LogP contribution in [0.2, 0.25) is 0 Å². The fourth-order valence-electron chi connectivity index (χ4n) is 2.54. The molecule has 1 heterocycles. The standard InChI is InChI=1S/C16H33NO2/c17-13-9-6-4-2-1-3-5-7-10-14-18-16-12-8-11-15-19-16/h16H,1-15,17H2. The lowest BCUT2D eigenvalue weighted by Crippen LogP contribution is -2.22. The number of hydrogen-bond donors (Lipinski definition) is 1. The monoisotopic (exact) mass is 271 g/mol. The summed E-state index contributed by atoms with van der Waals surface area (Å²) in [5.41, 5.74) is 5.47. The first kappa shape index (κ1) is 16.9. The molecule has 0 aromatic carbocycles. The van der Waals surface area contributed by atoms with Crippen molar-refractivity contribution in [2.45, 2.75) is 83.3 Å². The second kappa shape index (κ2) is 12.9. The van der Waals surface area contributed by atoms with Crippen molar-refractivity contribution < 1.29 is 9.47 Å². The Hall–Kier alpha value is -0.120. The van der Waals surface area contributed by atoms with E-state index in [9.17, 15) is 0 Å². The number of nitrogens with two attached hydrogens (primary N) is 1. The average molecular weight is 271 g/mol. The molecule has 0 saturated carbocycles. The highest BCUT2D eigenvalue weighted by Gasteiger charge is 2.13. The summed E-state index contributed by atoms with van der Waals surface area (Å²) in [6.07, 6.45) is 15.5. The second-order valence-electron chi connectivity index (χ2n) is 5.64. The zero-order valence-corrected chi connectivity index (χ0v) is 12.6. The first-order valence-electron chi connectivity index (χ1n) is 8.37. The lowest BCUT2D eigenvalue weighted by Gasteiger charge is -2.22. The molecule has 19 heavy (non-hydrogen) atoms. The van der Waals surface area contributed by atoms with Crippen LogP contribution in [0.3, 0.4) is 0 Å². The highest BCUT2D eigenvalue weighted by Crippen LogP contribution is 2.14. The van der Waals surface area contributed by atoms with E-state index in [0.29, 0.717) is 0 Å². The molecule has 114 valence electrons. The maximum Gasteiger partial charge on any atom is 0.157 e. The molecule has 3 nitrogen and oxygen atoms in total. The van der Waals surface area contributed by atoms with E-state index in [0.717, 1.165) is 26.2 Å². The Morgan fingerprint density at radius 1 is 0.842 bits per heavy atom. The fraction of sp³-hybridized carbons (Fsp3) is 1.00. The Morgan fingerprint density at radius 2 is 1.47 bits per heavy atom. The fourth-order valence-corrected chi connectivity index (χ4v) is 2.54. The molecule has 1 unspecified atom stereocenters. The van der Waals surface area contributed by atoms with Crippen molar-refractivity contribution in [3.8, 4) is 0 Å². The van der Waals surface area contributed by atoms with Gasteiger partial charge in [-0.15, -0.1) is 0 Å². The smallest absolute Gasteiger partial charge is 0.157 e. The van der Waals surface area contributed by atoms with Crippen LogP contribution >= 0.6 is 0 Å². The molecule has 3 heteroatoms. The summed E-state index contributed by atoms with van der Waals surface area (Å²) in [6.45, 7) is 2.61. The summed E-state index contributed by atoms with van der Waals surface area (Å²) in [7, 11) is 0. The third-order valence-electron chi connectivity index (χ3n) is 3.79. The molecular weight excluding hydrogens is 238 g/mol. The van der Waals surface area contributed by atoms with Gasteiger partial charge in [-0.3, -0.25) is 0 Å². The van der Waals surface area contributed by atoms with Gasteiger partial charge in [0.15, 0.2) is 6.29 Å². The van der Waals surface area contributed by atoms with Gasteiger partial charge in [0.2, 0.25) is 0 Å². The molecule has 1 fully saturated rings. The van der Waals surface area contributed by atoms with Gasteiger partial charge in [-0.1, -0.05) is 44.9 Å². The van der Waals surface area contributed by atoms with Gasteiger partial charge in [-0.25, -0.2) is 0 Å². The number of hydrogen-bond acceptors (Lipinski definition) is 3. The zero-order valence-electron chi connectivity index (χ0n) is 12.6. The van der Waals surface area contributed by atoms with Crippen LogP contribution in [0.5, 0.6) is 0 Å². The Kier molecular flexibility index (Phi) is 11.5. The van der Waals surface area contributed by atoms with Gasteiger partial charge in [0.25, 0.3) is 0 Å². The molecule has 1 aliphatic heterocycles. The number of ether oxygens (including phenoxy) is 2. The lowest BCUT2D eigenvalue weighted by molar-refractivity contribution is -0.162. The highest BCUT2D eigenvalue weighted by molar-refractivity contribution is 4.54. The largest absolute Gasteiger partial charge is 0.353 e. The Morgan fingerprint density at radius 3 is 2.05 bits per heavy atom. The molecule has 0 spiro atoms. The second-order valence-corrected chi connectivity index (χ2v) is 5.64. The van der Waals surface area contributed by atoms with Crippen LogP contribution in [-0.4, -0.2) is 26.0 Å². The van der Waals surface area contributed by atoms with Crippen molar-refractivity contribution in [3.05, 3.63) is 0 Å². The Bertz CT molecular complexity index is 182. The zero-order chi connectivity index (χ0) is 13.6. The van der Waals surface area contributed by atoms with Crippen molar-refractivity contribution in [2.24, 2.45) is 5.73 Å². The highest BCUT2D eigenvalue weighted by atomic mass is 16.7. The van der Waals surface area contributed by atoms with Gasteiger partial charge in [-0.2, -0.15) is 0 Å². The van der Waals surface area contributed by atoms with Crippen LogP contribution < -0.4 is 5.73 Å². The van der Waals surface area contributed by atoms with Crippen LogP contribution in [0.25, 0.3) is 0 Å². The summed E-state index contributed by atoms with van der Waals surface area (Å²) in [6, 6.07) is 0. The van der Waals surface area contributed by atoms with Crippen LogP contribution in [0, 0.1) is 0 Å². The minimum Gasteiger partial charge on any atom is -0.353 e. The first-order valence-corrected chi connectivity index (χ1v) is 8.37. The molecule has 1 saturated heterocycles. The number of rotatable bonds is 12. The molecule has 0 aliphatic carbocycles. The Balaban J connectivity index is 1.71. The summed E-state index contributed by atoms with van der Waals surface area (Å²) in [5, 5.41) is 0. The van der Waals surface area contributed by atoms with E-state index < -0.39 is 0 Å². The number of unbranched alkanes of at least 4 members (excludes halogenated alkanes) is 8. The first-order chi connectivity index (χ1) is 9.43. The van der Waals surface area contributed by atoms with Crippen molar-refractivity contribution in [1.29, 1.82) is 0 Å². The maximum atomic E-state index is 5.72. The molecule has 0 aromatic heterocycles. The summed E-state index contributed by atoms with van der Waals surface area (Å²) >= 11 is 0. The normalized spacial score (nSPS) is 19.7. The molecule has 0 radical (unpaired) electrons. The van der Waals surface area contributed by atoms with Crippen LogP contribution in [0.4, 0.5) is 0 Å². The van der Waals surface area contributed by atoms with Gasteiger partial charge in [0, 0.05) is 13.2 Å². The van der Waals surface area contributed by atoms with Crippen LogP contribution in [-0.2, 0) is 9.47 Å². The minimum atomic E-state index is 0.0938. The van der Waals surface area contributed by atoms with E-state index in [4.69, 9.17) is 15.2 Å². The van der Waals surface area contributed by atoms with Crippen LogP contribution in [0.15, 0.2) is 0 Å². The predicted octanol–water partition coefficient (Wildman–Crippen LogP) is 4.00. The summed E-state index contributed by atoms with van der Waals surface area (Å²) < 4.78 is 11.3. The minimum absolute atomic E-state index is 0.0938. The van der Waals surface area contributed by atoms with E-state index in [-0.39, 0.29) is 6.29 Å². The van der Waals surface area contributed by atoms with E-state index in [1.807, 2.05) is 0 Å². The topological polar surface area (TPSA) is 44.5 Å². The molecule has 0 aromatic rings. The van der Waals surface area contributed by atoms with Crippen molar-refractivity contribution in [2.75, 3.05) is 19.8 Å². The van der Waals surface area contributed by atoms with Gasteiger partial charge < -0.3 is 15.2 Å². The molecule has 0 bridgehead atoms. The van der Waals surface area contributed by atoms with Crippen LogP contribution in [0.1, 0.15) is 77.0 Å². The van der Waals surface area contributed by atoms with Gasteiger partial charge in [-0.05, 0) is 38.6 Å². The third kappa shape index (κ3) is 10.3. The van der Waals surface area contributed by atoms with Gasteiger partial charge in [0.05, 0.1) is 0 Å². The molecule has 0 amide bonds. The molecule has 1 aliphatic rings. The van der Waals surface area contributed by atoms with E-state index in [1.54, 1.807) is 0 Å². The van der Waals surface area contributed by atoms with Crippen molar-refractivity contribution in [3.63, 3.8) is 0 Å². The van der Waals surface area contributed by atoms with E-state index >= 15 is 0 Å². The average Bonchev–Trinajstić information content (AvgIpc) is 2.46. The molecular formula is C16H33NO2. The van der Waals surface area contributed by atoms with E-state index in [2.05, 4.69) is 0 Å². The molecule has 1 rings (SSSR count). The summed E-state index contributed by atoms with van der Waals surface area (Å²) in [4.78, 5) is 0. The lowest BCUT2D eigenvalue weighted by atomic mass is 10.1. The van der Waals surface area contributed by atoms with Gasteiger partial charge in [0.1, 0.15) is 0 Å². The Labute approximate surface area is 119 Å². The quantitative estimate of drug-likeness (QED) is 0.546. The van der Waals surface area contributed by atoms with Crippen molar-refractivity contribution in [1.82, 2.24) is 0 Å².